The molecule has 174 valence electrons. The van der Waals surface area contributed by atoms with Gasteiger partial charge in [-0.2, -0.15) is 0 Å². The van der Waals surface area contributed by atoms with Crippen LogP contribution in [0.15, 0.2) is 107 Å². The van der Waals surface area contributed by atoms with Crippen LogP contribution >= 0.6 is 0 Å². The van der Waals surface area contributed by atoms with E-state index in [0.29, 0.717) is 32.6 Å². The lowest BCUT2D eigenvalue weighted by Gasteiger charge is -2.18. The van der Waals surface area contributed by atoms with Crippen LogP contribution < -0.4 is 10.9 Å². The molecule has 38 heavy (non-hydrogen) atoms. The van der Waals surface area contributed by atoms with Gasteiger partial charge in [0.2, 0.25) is 0 Å². The van der Waals surface area contributed by atoms with Crippen molar-refractivity contribution in [3.63, 3.8) is 0 Å². The van der Waals surface area contributed by atoms with Gasteiger partial charge < -0.3 is 0 Å². The molecule has 0 amide bonds. The predicted molar refractivity (Wildman–Crippen MR) is 157 cm³/mol. The van der Waals surface area contributed by atoms with E-state index >= 15 is 0 Å². The molecule has 9 rings (SSSR count). The number of pyridine rings is 2. The molecular weight excluding hydrogens is 468 g/mol. The van der Waals surface area contributed by atoms with Gasteiger partial charge in [0.25, 0.3) is 0 Å². The number of rotatable bonds is 0. The van der Waals surface area contributed by atoms with Crippen molar-refractivity contribution in [3.05, 3.63) is 118 Å². The van der Waals surface area contributed by atoms with Gasteiger partial charge in [-0.15, -0.1) is 0 Å². The summed E-state index contributed by atoms with van der Waals surface area (Å²) in [6, 6.07) is 31.4. The molecule has 0 saturated carbocycles. The first kappa shape index (κ1) is 19.9. The minimum Gasteiger partial charge on any atom is -0.288 e. The summed E-state index contributed by atoms with van der Waals surface area (Å²) in [7, 11) is 0. The van der Waals surface area contributed by atoms with Crippen LogP contribution in [0.3, 0.4) is 0 Å². The molecule has 0 saturated heterocycles. The van der Waals surface area contributed by atoms with Gasteiger partial charge in [-0.25, -0.2) is 9.97 Å². The minimum atomic E-state index is -0.0817. The standard InChI is InChI=1S/C34H16N2O2/c37-33-19-11-3-1-9-17(19)25-21-13-5-7-15-23(21)35-31-27(25)29(33)32-28-26(22-14-6-8-16-24(22)36-32)18-10-2-4-12-20(18)34(38)30(28)31/h1-16H. The summed E-state index contributed by atoms with van der Waals surface area (Å²) in [5.41, 5.74) is 2.57. The van der Waals surface area contributed by atoms with Crippen LogP contribution in [-0.2, 0) is 0 Å². The fourth-order valence-electron chi connectivity index (χ4n) is 6.58. The molecule has 2 heterocycles. The van der Waals surface area contributed by atoms with Crippen molar-refractivity contribution in [2.24, 2.45) is 0 Å². The first-order chi connectivity index (χ1) is 18.7. The lowest BCUT2D eigenvalue weighted by atomic mass is 9.87. The van der Waals surface area contributed by atoms with Crippen LogP contribution in [0.1, 0.15) is 0 Å². The molecule has 4 heteroatoms. The van der Waals surface area contributed by atoms with Gasteiger partial charge in [-0.3, -0.25) is 9.59 Å². The molecule has 0 aliphatic carbocycles. The van der Waals surface area contributed by atoms with E-state index in [1.54, 1.807) is 0 Å². The summed E-state index contributed by atoms with van der Waals surface area (Å²) in [6.07, 6.45) is 0. The monoisotopic (exact) mass is 484 g/mol. The summed E-state index contributed by atoms with van der Waals surface area (Å²) in [4.78, 5) is 38.7. The fourth-order valence-corrected chi connectivity index (χ4v) is 6.58. The van der Waals surface area contributed by atoms with Crippen LogP contribution in [0.25, 0.3) is 86.7 Å². The molecule has 0 spiro atoms. The number of benzene rings is 7. The second-order valence-electron chi connectivity index (χ2n) is 9.95. The molecule has 9 aromatic rings. The molecule has 0 aliphatic heterocycles. The van der Waals surface area contributed by atoms with Crippen LogP contribution in [-0.4, -0.2) is 9.97 Å². The third-order valence-corrected chi connectivity index (χ3v) is 8.09. The zero-order chi connectivity index (χ0) is 25.1. The second kappa shape index (κ2) is 6.75. The fraction of sp³-hybridized carbons (Fsp3) is 0. The number of aromatic nitrogens is 2. The van der Waals surface area contributed by atoms with Gasteiger partial charge in [0.15, 0.2) is 10.9 Å². The topological polar surface area (TPSA) is 59.9 Å². The summed E-state index contributed by atoms with van der Waals surface area (Å²) in [5.74, 6) is 0. The first-order valence-corrected chi connectivity index (χ1v) is 12.6. The number of hydrogen-bond donors (Lipinski definition) is 0. The van der Waals surface area contributed by atoms with Crippen molar-refractivity contribution in [3.8, 4) is 0 Å². The quantitative estimate of drug-likeness (QED) is 0.167. The summed E-state index contributed by atoms with van der Waals surface area (Å²) < 4.78 is 0. The average Bonchev–Trinajstić information content (AvgIpc) is 2.97. The van der Waals surface area contributed by atoms with E-state index in [9.17, 15) is 9.59 Å². The largest absolute Gasteiger partial charge is 0.288 e. The zero-order valence-corrected chi connectivity index (χ0v) is 19.9. The summed E-state index contributed by atoms with van der Waals surface area (Å²) in [6.45, 7) is 0. The van der Waals surface area contributed by atoms with E-state index in [1.165, 1.54) is 0 Å². The average molecular weight is 485 g/mol. The van der Waals surface area contributed by atoms with E-state index in [-0.39, 0.29) is 10.9 Å². The van der Waals surface area contributed by atoms with Gasteiger partial charge in [0, 0.05) is 43.1 Å². The number of fused-ring (bicyclic) bond motifs is 10. The minimum absolute atomic E-state index is 0.0817. The molecule has 0 radical (unpaired) electrons. The molecular formula is C34H16N2O2. The Labute approximate surface area is 214 Å². The number of hydrogen-bond acceptors (Lipinski definition) is 4. The maximum atomic E-state index is 14.3. The van der Waals surface area contributed by atoms with E-state index < -0.39 is 0 Å². The summed E-state index contributed by atoms with van der Waals surface area (Å²) in [5, 5.41) is 9.32. The first-order valence-electron chi connectivity index (χ1n) is 12.6. The molecule has 0 atom stereocenters. The Bertz CT molecular complexity index is 2420. The Morgan fingerprint density at radius 1 is 0.342 bits per heavy atom. The second-order valence-corrected chi connectivity index (χ2v) is 9.95. The third-order valence-electron chi connectivity index (χ3n) is 8.09. The van der Waals surface area contributed by atoms with Crippen LogP contribution in [0, 0.1) is 0 Å². The highest BCUT2D eigenvalue weighted by atomic mass is 16.1. The molecule has 7 aromatic carbocycles. The molecule has 0 unspecified atom stereocenters. The Morgan fingerprint density at radius 2 is 0.684 bits per heavy atom. The molecule has 4 nitrogen and oxygen atoms in total. The number of nitrogens with zero attached hydrogens (tertiary/aromatic N) is 2. The van der Waals surface area contributed by atoms with E-state index in [1.807, 2.05) is 97.1 Å². The van der Waals surface area contributed by atoms with Gasteiger partial charge in [-0.1, -0.05) is 84.9 Å². The van der Waals surface area contributed by atoms with Gasteiger partial charge in [-0.05, 0) is 22.9 Å². The highest BCUT2D eigenvalue weighted by Gasteiger charge is 2.25. The molecule has 0 fully saturated rings. The summed E-state index contributed by atoms with van der Waals surface area (Å²) >= 11 is 0. The zero-order valence-electron chi connectivity index (χ0n) is 19.9. The maximum Gasteiger partial charge on any atom is 0.196 e. The van der Waals surface area contributed by atoms with E-state index in [2.05, 4.69) is 0 Å². The molecule has 0 bridgehead atoms. The molecule has 2 aromatic heterocycles. The lowest BCUT2D eigenvalue weighted by Crippen LogP contribution is -2.11. The highest BCUT2D eigenvalue weighted by molar-refractivity contribution is 6.42. The Balaban J connectivity index is 1.81. The Morgan fingerprint density at radius 3 is 1.11 bits per heavy atom. The van der Waals surface area contributed by atoms with Crippen molar-refractivity contribution in [2.75, 3.05) is 0 Å². The van der Waals surface area contributed by atoms with Gasteiger partial charge in [0.1, 0.15) is 0 Å². The third kappa shape index (κ3) is 2.22. The normalized spacial score (nSPS) is 12.4. The van der Waals surface area contributed by atoms with Crippen LogP contribution in [0.5, 0.6) is 0 Å². The highest BCUT2D eigenvalue weighted by Crippen LogP contribution is 2.44. The van der Waals surface area contributed by atoms with E-state index in [4.69, 9.17) is 9.97 Å². The van der Waals surface area contributed by atoms with Crippen molar-refractivity contribution < 1.29 is 0 Å². The van der Waals surface area contributed by atoms with E-state index in [0.717, 1.165) is 54.1 Å². The van der Waals surface area contributed by atoms with Crippen LogP contribution in [0.4, 0.5) is 0 Å². The lowest BCUT2D eigenvalue weighted by molar-refractivity contribution is 1.50. The van der Waals surface area contributed by atoms with Crippen molar-refractivity contribution in [1.29, 1.82) is 0 Å². The Kier molecular flexibility index (Phi) is 3.54. The predicted octanol–water partition coefficient (Wildman–Crippen LogP) is 7.30. The van der Waals surface area contributed by atoms with Gasteiger partial charge >= 0.3 is 0 Å². The van der Waals surface area contributed by atoms with Crippen LogP contribution in [0.2, 0.25) is 0 Å². The molecule has 0 N–H and O–H groups in total. The smallest absolute Gasteiger partial charge is 0.196 e. The van der Waals surface area contributed by atoms with Crippen molar-refractivity contribution >= 4 is 86.7 Å². The number of para-hydroxylation sites is 2. The van der Waals surface area contributed by atoms with Crippen molar-refractivity contribution in [1.82, 2.24) is 9.97 Å². The molecule has 0 aliphatic rings. The maximum absolute atomic E-state index is 14.3. The Hall–Kier alpha value is -5.22. The SMILES string of the molecule is O=c1c2ccccc2c2c3ccccc3nc3c4c(=O)c5ccccc5c5c6ccccc6nc(c1c32)c45. The van der Waals surface area contributed by atoms with Crippen molar-refractivity contribution in [2.45, 2.75) is 0 Å². The van der Waals surface area contributed by atoms with Gasteiger partial charge in [0.05, 0.1) is 32.8 Å².